The van der Waals surface area contributed by atoms with Gasteiger partial charge in [0.15, 0.2) is 8.32 Å². The van der Waals surface area contributed by atoms with E-state index in [0.29, 0.717) is 6.61 Å². The van der Waals surface area contributed by atoms with Gasteiger partial charge in [-0.25, -0.2) is 0 Å². The fourth-order valence-electron chi connectivity index (χ4n) is 0.667. The SMILES string of the molecule is C[C@@H](CO[Si](C)(C)C(C)(C)C)N=[N+]=[N-]. The van der Waals surface area contributed by atoms with E-state index in [0.717, 1.165) is 0 Å². The first-order valence-corrected chi connectivity index (χ1v) is 7.79. The van der Waals surface area contributed by atoms with Crippen LogP contribution in [0.2, 0.25) is 18.1 Å². The van der Waals surface area contributed by atoms with Gasteiger partial charge >= 0.3 is 0 Å². The summed E-state index contributed by atoms with van der Waals surface area (Å²) in [6.07, 6.45) is 0. The van der Waals surface area contributed by atoms with E-state index in [2.05, 4.69) is 43.9 Å². The lowest BCUT2D eigenvalue weighted by molar-refractivity contribution is 0.269. The molecule has 0 radical (unpaired) electrons. The zero-order valence-corrected chi connectivity index (χ0v) is 11.0. The Morgan fingerprint density at radius 2 is 1.93 bits per heavy atom. The van der Waals surface area contributed by atoms with Gasteiger partial charge in [0.2, 0.25) is 0 Å². The van der Waals surface area contributed by atoms with Gasteiger partial charge in [0.1, 0.15) is 0 Å². The maximum absolute atomic E-state index is 8.24. The number of azide groups is 1. The van der Waals surface area contributed by atoms with Crippen LogP contribution in [0.4, 0.5) is 0 Å². The molecule has 0 amide bonds. The summed E-state index contributed by atoms with van der Waals surface area (Å²) in [5.41, 5.74) is 8.24. The average Bonchev–Trinajstić information content (AvgIpc) is 1.99. The lowest BCUT2D eigenvalue weighted by atomic mass is 10.2. The van der Waals surface area contributed by atoms with Crippen LogP contribution in [0, 0.1) is 0 Å². The molecule has 0 fully saturated rings. The van der Waals surface area contributed by atoms with Gasteiger partial charge in [0.25, 0.3) is 0 Å². The normalized spacial score (nSPS) is 14.7. The number of hydrogen-bond donors (Lipinski definition) is 0. The third-order valence-electron chi connectivity index (χ3n) is 2.74. The molecule has 0 aromatic carbocycles. The van der Waals surface area contributed by atoms with Gasteiger partial charge in [-0.3, -0.25) is 0 Å². The highest BCUT2D eigenvalue weighted by molar-refractivity contribution is 6.74. The zero-order chi connectivity index (χ0) is 11.4. The number of nitrogens with zero attached hydrogens (tertiary/aromatic N) is 3. The van der Waals surface area contributed by atoms with E-state index in [4.69, 9.17) is 9.96 Å². The van der Waals surface area contributed by atoms with E-state index in [1.54, 1.807) is 0 Å². The van der Waals surface area contributed by atoms with Crippen molar-refractivity contribution >= 4 is 8.32 Å². The summed E-state index contributed by atoms with van der Waals surface area (Å²) in [5.74, 6) is 0. The Morgan fingerprint density at radius 1 is 1.43 bits per heavy atom. The van der Waals surface area contributed by atoms with Crippen molar-refractivity contribution in [2.24, 2.45) is 5.11 Å². The molecule has 0 N–H and O–H groups in total. The summed E-state index contributed by atoms with van der Waals surface area (Å²) in [6, 6.07) is -0.0749. The molecule has 1 atom stereocenters. The molecular formula is C9H21N3OSi. The minimum atomic E-state index is -1.68. The predicted molar refractivity (Wildman–Crippen MR) is 61.8 cm³/mol. The molecule has 0 aliphatic carbocycles. The maximum atomic E-state index is 8.24. The van der Waals surface area contributed by atoms with E-state index in [1.165, 1.54) is 0 Å². The van der Waals surface area contributed by atoms with Crippen LogP contribution < -0.4 is 0 Å². The van der Waals surface area contributed by atoms with Crippen LogP contribution in [-0.2, 0) is 4.43 Å². The van der Waals surface area contributed by atoms with Gasteiger partial charge in [-0.15, -0.1) is 0 Å². The summed E-state index contributed by atoms with van der Waals surface area (Å²) >= 11 is 0. The summed E-state index contributed by atoms with van der Waals surface area (Å²) in [5, 5.41) is 3.80. The smallest absolute Gasteiger partial charge is 0.191 e. The number of rotatable bonds is 4. The third kappa shape index (κ3) is 4.13. The molecular weight excluding hydrogens is 194 g/mol. The van der Waals surface area contributed by atoms with E-state index >= 15 is 0 Å². The quantitative estimate of drug-likeness (QED) is 0.305. The van der Waals surface area contributed by atoms with E-state index in [9.17, 15) is 0 Å². The first-order valence-electron chi connectivity index (χ1n) is 4.89. The van der Waals surface area contributed by atoms with Crippen LogP contribution in [0.3, 0.4) is 0 Å². The van der Waals surface area contributed by atoms with Crippen LogP contribution in [0.1, 0.15) is 27.7 Å². The van der Waals surface area contributed by atoms with Gasteiger partial charge in [-0.05, 0) is 23.7 Å². The van der Waals surface area contributed by atoms with E-state index in [1.807, 2.05) is 6.92 Å². The Bertz CT molecular complexity index is 229. The highest BCUT2D eigenvalue weighted by atomic mass is 28.4. The molecule has 0 saturated heterocycles. The van der Waals surface area contributed by atoms with Crippen molar-refractivity contribution in [1.82, 2.24) is 0 Å². The molecule has 4 nitrogen and oxygen atoms in total. The van der Waals surface area contributed by atoms with Crippen LogP contribution >= 0.6 is 0 Å². The Balaban J connectivity index is 4.19. The Labute approximate surface area is 87.4 Å². The highest BCUT2D eigenvalue weighted by Gasteiger charge is 2.37. The molecule has 0 bridgehead atoms. The fraction of sp³-hybridized carbons (Fsp3) is 1.00. The monoisotopic (exact) mass is 215 g/mol. The second-order valence-corrected chi connectivity index (χ2v) is 9.93. The molecule has 14 heavy (non-hydrogen) atoms. The highest BCUT2D eigenvalue weighted by Crippen LogP contribution is 2.36. The van der Waals surface area contributed by atoms with Gasteiger partial charge in [-0.2, -0.15) is 0 Å². The van der Waals surface area contributed by atoms with Gasteiger partial charge in [0, 0.05) is 11.5 Å². The summed E-state index contributed by atoms with van der Waals surface area (Å²) in [6.45, 7) is 13.4. The molecule has 0 heterocycles. The molecule has 0 spiro atoms. The topological polar surface area (TPSA) is 58.0 Å². The first-order chi connectivity index (χ1) is 6.20. The molecule has 82 valence electrons. The van der Waals surface area contributed by atoms with Crippen molar-refractivity contribution in [2.45, 2.75) is 51.9 Å². The molecule has 0 unspecified atom stereocenters. The summed E-state index contributed by atoms with van der Waals surface area (Å²) < 4.78 is 5.88. The molecule has 0 aliphatic heterocycles. The van der Waals surface area contributed by atoms with E-state index < -0.39 is 8.32 Å². The average molecular weight is 215 g/mol. The lowest BCUT2D eigenvalue weighted by Crippen LogP contribution is -2.42. The molecule has 0 saturated carbocycles. The largest absolute Gasteiger partial charge is 0.416 e. The Hall–Kier alpha value is -0.513. The zero-order valence-electron chi connectivity index (χ0n) is 10.0. The third-order valence-corrected chi connectivity index (χ3v) is 7.24. The first kappa shape index (κ1) is 13.5. The molecule has 5 heteroatoms. The summed E-state index contributed by atoms with van der Waals surface area (Å²) in [7, 11) is -1.68. The van der Waals surface area contributed by atoms with E-state index in [-0.39, 0.29) is 11.1 Å². The van der Waals surface area contributed by atoms with Crippen LogP contribution in [0.15, 0.2) is 5.11 Å². The van der Waals surface area contributed by atoms with Crippen molar-refractivity contribution < 1.29 is 4.43 Å². The fourth-order valence-corrected chi connectivity index (χ4v) is 1.76. The summed E-state index contributed by atoms with van der Waals surface area (Å²) in [4.78, 5) is 2.76. The Kier molecular flexibility index (Phi) is 4.64. The van der Waals surface area contributed by atoms with Crippen molar-refractivity contribution in [1.29, 1.82) is 0 Å². The minimum absolute atomic E-state index is 0.0749. The van der Waals surface area contributed by atoms with Crippen molar-refractivity contribution in [2.75, 3.05) is 6.61 Å². The minimum Gasteiger partial charge on any atom is -0.416 e. The Morgan fingerprint density at radius 3 is 2.29 bits per heavy atom. The second kappa shape index (κ2) is 4.82. The second-order valence-electron chi connectivity index (χ2n) is 5.13. The molecule has 0 aromatic heterocycles. The molecule has 0 aliphatic rings. The molecule has 0 aromatic rings. The standard InChI is InChI=1S/C9H21N3OSi/c1-8(11-12-10)7-13-14(5,6)9(2,3)4/h8H,7H2,1-6H3/t8-/m0/s1. The van der Waals surface area contributed by atoms with Crippen LogP contribution in [0.5, 0.6) is 0 Å². The van der Waals surface area contributed by atoms with Gasteiger partial charge in [-0.1, -0.05) is 32.8 Å². The lowest BCUT2D eigenvalue weighted by Gasteiger charge is -2.36. The number of hydrogen-bond acceptors (Lipinski definition) is 2. The van der Waals surface area contributed by atoms with Crippen molar-refractivity contribution in [3.05, 3.63) is 10.4 Å². The van der Waals surface area contributed by atoms with Crippen LogP contribution in [-0.4, -0.2) is 21.0 Å². The maximum Gasteiger partial charge on any atom is 0.191 e. The van der Waals surface area contributed by atoms with Gasteiger partial charge < -0.3 is 4.43 Å². The predicted octanol–water partition coefficient (Wildman–Crippen LogP) is 3.71. The van der Waals surface area contributed by atoms with Crippen molar-refractivity contribution in [3.63, 3.8) is 0 Å². The van der Waals surface area contributed by atoms with Crippen molar-refractivity contribution in [3.8, 4) is 0 Å². The van der Waals surface area contributed by atoms with Crippen LogP contribution in [0.25, 0.3) is 10.4 Å². The van der Waals surface area contributed by atoms with Gasteiger partial charge in [0.05, 0.1) is 6.04 Å². The molecule has 0 rings (SSSR count).